The smallest absolute Gasteiger partial charge is 0.322 e. The van der Waals surface area contributed by atoms with Crippen LogP contribution in [0.2, 0.25) is 0 Å². The number of nitrogens with zero attached hydrogens (tertiary/aromatic N) is 2. The maximum absolute atomic E-state index is 12.3. The number of amides is 1. The minimum absolute atomic E-state index is 0.0212. The third-order valence-electron chi connectivity index (χ3n) is 3.82. The Morgan fingerprint density at radius 2 is 1.89 bits per heavy atom. The van der Waals surface area contributed by atoms with Crippen molar-refractivity contribution in [1.29, 1.82) is 0 Å². The molecule has 0 fully saturated rings. The third kappa shape index (κ3) is 4.14. The number of benzene rings is 2. The highest BCUT2D eigenvalue weighted by Crippen LogP contribution is 2.22. The first-order valence-electron chi connectivity index (χ1n) is 8.05. The Bertz CT molecular complexity index is 1060. The average Bonchev–Trinajstić information content (AvgIpc) is 3.16. The molecular weight excluding hydrogens is 370 g/mol. The number of hydrogen-bond donors (Lipinski definition) is 1. The molecular formula is C18H17N3O5S. The van der Waals surface area contributed by atoms with Crippen molar-refractivity contribution in [2.45, 2.75) is 11.8 Å². The number of nitrogens with one attached hydrogen (secondary N) is 1. The van der Waals surface area contributed by atoms with Gasteiger partial charge in [0.15, 0.2) is 9.84 Å². The Morgan fingerprint density at radius 3 is 2.56 bits per heavy atom. The summed E-state index contributed by atoms with van der Waals surface area (Å²) in [4.78, 5) is 12.5. The van der Waals surface area contributed by atoms with Crippen LogP contribution in [0.25, 0.3) is 11.5 Å². The van der Waals surface area contributed by atoms with E-state index < -0.39 is 15.7 Å². The lowest BCUT2D eigenvalue weighted by atomic mass is 10.2. The zero-order chi connectivity index (χ0) is 19.4. The second-order valence-corrected chi connectivity index (χ2v) is 7.80. The molecule has 0 aliphatic carbocycles. The zero-order valence-electron chi connectivity index (χ0n) is 14.7. The van der Waals surface area contributed by atoms with Gasteiger partial charge in [0.25, 0.3) is 5.91 Å². The molecule has 0 spiro atoms. The van der Waals surface area contributed by atoms with Crippen molar-refractivity contribution in [3.05, 3.63) is 54.1 Å². The fourth-order valence-electron chi connectivity index (χ4n) is 2.30. The monoisotopic (exact) mass is 387 g/mol. The Balaban J connectivity index is 1.75. The van der Waals surface area contributed by atoms with Crippen LogP contribution < -0.4 is 10.1 Å². The quantitative estimate of drug-likeness (QED) is 0.692. The van der Waals surface area contributed by atoms with Crippen LogP contribution in [0.4, 0.5) is 6.01 Å². The van der Waals surface area contributed by atoms with Crippen molar-refractivity contribution < 1.29 is 22.4 Å². The number of ether oxygens (including phenoxy) is 1. The Hall–Kier alpha value is -3.20. The van der Waals surface area contributed by atoms with Gasteiger partial charge in [0.05, 0.1) is 17.8 Å². The predicted octanol–water partition coefficient (Wildman–Crippen LogP) is 2.79. The van der Waals surface area contributed by atoms with Gasteiger partial charge in [-0.25, -0.2) is 8.42 Å². The molecule has 9 heteroatoms. The normalized spacial score (nSPS) is 11.2. The first-order valence-corrected chi connectivity index (χ1v) is 9.70. The lowest BCUT2D eigenvalue weighted by molar-refractivity contribution is 0.102. The topological polar surface area (TPSA) is 111 Å². The minimum atomic E-state index is -3.28. The van der Waals surface area contributed by atoms with Crippen LogP contribution in [0.3, 0.4) is 0 Å². The summed E-state index contributed by atoms with van der Waals surface area (Å²) in [6, 6.07) is 12.7. The average molecular weight is 387 g/mol. The molecule has 8 nitrogen and oxygen atoms in total. The van der Waals surface area contributed by atoms with Crippen LogP contribution in [-0.4, -0.2) is 37.4 Å². The molecule has 0 saturated heterocycles. The largest absolute Gasteiger partial charge is 0.497 e. The van der Waals surface area contributed by atoms with Gasteiger partial charge in [0.1, 0.15) is 5.75 Å². The molecule has 27 heavy (non-hydrogen) atoms. The molecule has 3 aromatic rings. The van der Waals surface area contributed by atoms with E-state index in [9.17, 15) is 13.2 Å². The molecule has 0 saturated carbocycles. The lowest BCUT2D eigenvalue weighted by Gasteiger charge is -2.03. The molecule has 0 bridgehead atoms. The van der Waals surface area contributed by atoms with Gasteiger partial charge in [0, 0.05) is 11.1 Å². The van der Waals surface area contributed by atoms with Gasteiger partial charge in [-0.3, -0.25) is 10.1 Å². The fraction of sp³-hybridized carbons (Fsp3) is 0.167. The number of methoxy groups -OCH3 is 1. The molecule has 1 heterocycles. The number of carbonyl (C=O) groups excluding carboxylic acids is 1. The molecule has 140 valence electrons. The van der Waals surface area contributed by atoms with Crippen LogP contribution in [0.1, 0.15) is 17.3 Å². The summed E-state index contributed by atoms with van der Waals surface area (Å²) in [7, 11) is -1.77. The number of hydrogen-bond acceptors (Lipinski definition) is 7. The fourth-order valence-corrected chi connectivity index (χ4v) is 3.18. The molecule has 1 aromatic heterocycles. The molecule has 0 aliphatic heterocycles. The van der Waals surface area contributed by atoms with Crippen LogP contribution in [-0.2, 0) is 9.84 Å². The number of aromatic nitrogens is 2. The molecule has 2 aromatic carbocycles. The van der Waals surface area contributed by atoms with Crippen molar-refractivity contribution in [3.8, 4) is 17.2 Å². The van der Waals surface area contributed by atoms with Gasteiger partial charge in [-0.1, -0.05) is 18.1 Å². The highest BCUT2D eigenvalue weighted by Gasteiger charge is 2.15. The molecule has 0 radical (unpaired) electrons. The number of rotatable bonds is 6. The van der Waals surface area contributed by atoms with E-state index >= 15 is 0 Å². The van der Waals surface area contributed by atoms with Crippen molar-refractivity contribution in [1.82, 2.24) is 10.2 Å². The number of anilines is 1. The van der Waals surface area contributed by atoms with E-state index in [-0.39, 0.29) is 22.6 Å². The summed E-state index contributed by atoms with van der Waals surface area (Å²) in [5.74, 6) is 0.314. The van der Waals surface area contributed by atoms with Gasteiger partial charge in [-0.05, 0) is 42.5 Å². The highest BCUT2D eigenvalue weighted by atomic mass is 32.2. The van der Waals surface area contributed by atoms with E-state index in [1.165, 1.54) is 19.2 Å². The standard InChI is InChI=1S/C18H17N3O5S/c1-3-27(23,24)15-9-7-12(8-10-15)17-20-21-18(26-17)19-16(22)13-5-4-6-14(11-13)25-2/h4-11H,3H2,1-2H3,(H,19,21,22). The summed E-state index contributed by atoms with van der Waals surface area (Å²) in [5, 5.41) is 10.2. The molecule has 0 aliphatic rings. The SMILES string of the molecule is CCS(=O)(=O)c1ccc(-c2nnc(NC(=O)c3cccc(OC)c3)o2)cc1. The first kappa shape index (κ1) is 18.6. The molecule has 1 amide bonds. The van der Waals surface area contributed by atoms with E-state index in [0.717, 1.165) is 0 Å². The Labute approximate surface area is 156 Å². The van der Waals surface area contributed by atoms with Crippen molar-refractivity contribution in [2.75, 3.05) is 18.2 Å². The van der Waals surface area contributed by atoms with E-state index in [1.807, 2.05) is 0 Å². The van der Waals surface area contributed by atoms with E-state index in [1.54, 1.807) is 43.3 Å². The Kier molecular flexibility index (Phi) is 5.22. The maximum atomic E-state index is 12.3. The molecule has 0 unspecified atom stereocenters. The van der Waals surface area contributed by atoms with E-state index in [2.05, 4.69) is 15.5 Å². The second-order valence-electron chi connectivity index (χ2n) is 5.53. The number of sulfone groups is 1. The van der Waals surface area contributed by atoms with Gasteiger partial charge in [-0.15, -0.1) is 5.10 Å². The van der Waals surface area contributed by atoms with Crippen molar-refractivity contribution in [3.63, 3.8) is 0 Å². The van der Waals surface area contributed by atoms with Gasteiger partial charge in [0.2, 0.25) is 5.89 Å². The molecule has 3 rings (SSSR count). The third-order valence-corrected chi connectivity index (χ3v) is 5.57. The van der Waals surface area contributed by atoms with Gasteiger partial charge in [-0.2, -0.15) is 0 Å². The van der Waals surface area contributed by atoms with Crippen LogP contribution >= 0.6 is 0 Å². The molecule has 0 atom stereocenters. The van der Waals surface area contributed by atoms with Gasteiger partial charge >= 0.3 is 6.01 Å². The van der Waals surface area contributed by atoms with Crippen LogP contribution in [0, 0.1) is 0 Å². The summed E-state index contributed by atoms with van der Waals surface area (Å²) in [5.41, 5.74) is 0.919. The van der Waals surface area contributed by atoms with Crippen LogP contribution in [0.15, 0.2) is 57.8 Å². The maximum Gasteiger partial charge on any atom is 0.322 e. The molecule has 1 N–H and O–H groups in total. The second kappa shape index (κ2) is 7.58. The van der Waals surface area contributed by atoms with Crippen LogP contribution in [0.5, 0.6) is 5.75 Å². The summed E-state index contributed by atoms with van der Waals surface area (Å²) in [6.45, 7) is 1.58. The summed E-state index contributed by atoms with van der Waals surface area (Å²) in [6.07, 6.45) is 0. The zero-order valence-corrected chi connectivity index (χ0v) is 15.5. The van der Waals surface area contributed by atoms with E-state index in [4.69, 9.17) is 9.15 Å². The van der Waals surface area contributed by atoms with Crippen molar-refractivity contribution >= 4 is 21.8 Å². The lowest BCUT2D eigenvalue weighted by Crippen LogP contribution is -2.12. The highest BCUT2D eigenvalue weighted by molar-refractivity contribution is 7.91. The number of carbonyl (C=O) groups is 1. The Morgan fingerprint density at radius 1 is 1.15 bits per heavy atom. The predicted molar refractivity (Wildman–Crippen MR) is 98.4 cm³/mol. The summed E-state index contributed by atoms with van der Waals surface area (Å²) >= 11 is 0. The van der Waals surface area contributed by atoms with Gasteiger partial charge < -0.3 is 9.15 Å². The minimum Gasteiger partial charge on any atom is -0.497 e. The summed E-state index contributed by atoms with van der Waals surface area (Å²) < 4.78 is 34.2. The van der Waals surface area contributed by atoms with E-state index in [0.29, 0.717) is 16.9 Å². The van der Waals surface area contributed by atoms with Crippen molar-refractivity contribution in [2.24, 2.45) is 0 Å². The first-order chi connectivity index (χ1) is 12.9.